The van der Waals surface area contributed by atoms with Gasteiger partial charge in [-0.05, 0) is 31.2 Å². The van der Waals surface area contributed by atoms with Gasteiger partial charge >= 0.3 is 6.18 Å². The Morgan fingerprint density at radius 2 is 1.81 bits per heavy atom. The van der Waals surface area contributed by atoms with Gasteiger partial charge in [-0.15, -0.1) is 0 Å². The van der Waals surface area contributed by atoms with E-state index in [1.165, 1.54) is 12.1 Å². The Morgan fingerprint density at radius 3 is 2.33 bits per heavy atom. The van der Waals surface area contributed by atoms with Crippen LogP contribution in [0.4, 0.5) is 13.2 Å². The van der Waals surface area contributed by atoms with E-state index in [0.29, 0.717) is 18.3 Å². The zero-order valence-electron chi connectivity index (χ0n) is 12.2. The molecule has 1 N–H and O–H groups in total. The first-order chi connectivity index (χ1) is 9.79. The third-order valence-corrected chi connectivity index (χ3v) is 3.25. The van der Waals surface area contributed by atoms with Crippen LogP contribution in [-0.2, 0) is 12.7 Å². The number of nitrogens with zero attached hydrogens (tertiary/aromatic N) is 2. The van der Waals surface area contributed by atoms with Crippen molar-refractivity contribution in [2.75, 3.05) is 0 Å². The average molecular weight is 297 g/mol. The summed E-state index contributed by atoms with van der Waals surface area (Å²) in [7, 11) is 0. The maximum Gasteiger partial charge on any atom is 0.416 e. The van der Waals surface area contributed by atoms with Crippen LogP contribution in [0.2, 0.25) is 0 Å². The molecule has 0 atom stereocenters. The fourth-order valence-electron chi connectivity index (χ4n) is 1.98. The molecule has 0 amide bonds. The molecule has 0 saturated heterocycles. The molecule has 1 aromatic heterocycles. The molecular weight excluding hydrogens is 279 g/mol. The van der Waals surface area contributed by atoms with E-state index < -0.39 is 11.7 Å². The van der Waals surface area contributed by atoms with Gasteiger partial charge in [0.15, 0.2) is 0 Å². The van der Waals surface area contributed by atoms with Crippen molar-refractivity contribution in [1.29, 1.82) is 0 Å². The number of benzene rings is 1. The highest BCUT2D eigenvalue weighted by molar-refractivity contribution is 5.37. The van der Waals surface area contributed by atoms with Crippen LogP contribution in [0.1, 0.15) is 30.7 Å². The van der Waals surface area contributed by atoms with E-state index in [-0.39, 0.29) is 0 Å². The first kappa shape index (κ1) is 15.6. The van der Waals surface area contributed by atoms with Crippen LogP contribution in [-0.4, -0.2) is 15.8 Å². The highest BCUT2D eigenvalue weighted by atomic mass is 19.4. The molecule has 0 unspecified atom stereocenters. The molecule has 0 bridgehead atoms. The Hall–Kier alpha value is -1.82. The molecule has 3 nitrogen and oxygen atoms in total. The van der Waals surface area contributed by atoms with E-state index in [0.717, 1.165) is 23.4 Å². The lowest BCUT2D eigenvalue weighted by molar-refractivity contribution is -0.137. The first-order valence-corrected chi connectivity index (χ1v) is 6.73. The van der Waals surface area contributed by atoms with Crippen LogP contribution < -0.4 is 5.32 Å². The molecular formula is C15H18F3N3. The van der Waals surface area contributed by atoms with Crippen LogP contribution in [0.3, 0.4) is 0 Å². The van der Waals surface area contributed by atoms with Crippen molar-refractivity contribution in [1.82, 2.24) is 15.1 Å². The zero-order valence-corrected chi connectivity index (χ0v) is 12.2. The van der Waals surface area contributed by atoms with Gasteiger partial charge < -0.3 is 5.32 Å². The van der Waals surface area contributed by atoms with Crippen molar-refractivity contribution in [3.63, 3.8) is 0 Å². The topological polar surface area (TPSA) is 29.9 Å². The third kappa shape index (κ3) is 3.64. The van der Waals surface area contributed by atoms with Gasteiger partial charge in [-0.25, -0.2) is 4.68 Å². The van der Waals surface area contributed by atoms with Crippen LogP contribution in [0.5, 0.6) is 0 Å². The minimum absolute atomic E-state index is 0.360. The van der Waals surface area contributed by atoms with E-state index >= 15 is 0 Å². The number of rotatable bonds is 4. The SMILES string of the molecule is Cc1c(CNC(C)C)cnn1-c1ccc(C(F)(F)F)cc1. The van der Waals surface area contributed by atoms with E-state index in [4.69, 9.17) is 0 Å². The van der Waals surface area contributed by atoms with Gasteiger partial charge in [0.05, 0.1) is 17.4 Å². The average Bonchev–Trinajstić information content (AvgIpc) is 2.77. The smallest absolute Gasteiger partial charge is 0.310 e. The van der Waals surface area contributed by atoms with E-state index in [9.17, 15) is 13.2 Å². The van der Waals surface area contributed by atoms with Gasteiger partial charge in [0.1, 0.15) is 0 Å². The van der Waals surface area contributed by atoms with Crippen molar-refractivity contribution < 1.29 is 13.2 Å². The summed E-state index contributed by atoms with van der Waals surface area (Å²) in [6.45, 7) is 6.69. The summed E-state index contributed by atoms with van der Waals surface area (Å²) in [5.74, 6) is 0. The minimum atomic E-state index is -4.32. The quantitative estimate of drug-likeness (QED) is 0.932. The Balaban J connectivity index is 2.23. The lowest BCUT2D eigenvalue weighted by Gasteiger charge is -2.10. The first-order valence-electron chi connectivity index (χ1n) is 6.73. The van der Waals surface area contributed by atoms with Gasteiger partial charge in [0, 0.05) is 23.8 Å². The molecule has 2 rings (SSSR count). The number of nitrogens with one attached hydrogen (secondary N) is 1. The highest BCUT2D eigenvalue weighted by Crippen LogP contribution is 2.29. The number of halogens is 3. The summed E-state index contributed by atoms with van der Waals surface area (Å²) in [6.07, 6.45) is -2.58. The van der Waals surface area contributed by atoms with Crippen LogP contribution in [0.15, 0.2) is 30.5 Å². The molecule has 0 aliphatic rings. The fraction of sp³-hybridized carbons (Fsp3) is 0.400. The molecule has 114 valence electrons. The lowest BCUT2D eigenvalue weighted by Crippen LogP contribution is -2.22. The molecule has 0 aliphatic carbocycles. The van der Waals surface area contributed by atoms with E-state index in [1.54, 1.807) is 10.9 Å². The van der Waals surface area contributed by atoms with Crippen molar-refractivity contribution in [3.8, 4) is 5.69 Å². The van der Waals surface area contributed by atoms with E-state index in [2.05, 4.69) is 24.3 Å². The molecule has 1 aromatic carbocycles. The van der Waals surface area contributed by atoms with Crippen LogP contribution in [0.25, 0.3) is 5.69 Å². The molecule has 0 saturated carbocycles. The minimum Gasteiger partial charge on any atom is -0.310 e. The van der Waals surface area contributed by atoms with Crippen molar-refractivity contribution >= 4 is 0 Å². The van der Waals surface area contributed by atoms with Crippen LogP contribution in [0, 0.1) is 6.92 Å². The predicted molar refractivity (Wildman–Crippen MR) is 75.3 cm³/mol. The number of alkyl halides is 3. The maximum atomic E-state index is 12.6. The summed E-state index contributed by atoms with van der Waals surface area (Å²) in [6, 6.07) is 5.37. The Labute approximate surface area is 121 Å². The van der Waals surface area contributed by atoms with Crippen molar-refractivity contribution in [2.24, 2.45) is 0 Å². The van der Waals surface area contributed by atoms with Gasteiger partial charge in [-0.1, -0.05) is 13.8 Å². The highest BCUT2D eigenvalue weighted by Gasteiger charge is 2.30. The van der Waals surface area contributed by atoms with Gasteiger partial charge in [-0.3, -0.25) is 0 Å². The lowest BCUT2D eigenvalue weighted by atomic mass is 10.2. The summed E-state index contributed by atoms with van der Waals surface area (Å²) < 4.78 is 39.3. The summed E-state index contributed by atoms with van der Waals surface area (Å²) >= 11 is 0. The van der Waals surface area contributed by atoms with Crippen molar-refractivity contribution in [2.45, 2.75) is 39.5 Å². The van der Waals surface area contributed by atoms with E-state index in [1.807, 2.05) is 6.92 Å². The summed E-state index contributed by atoms with van der Waals surface area (Å²) in [4.78, 5) is 0. The fourth-order valence-corrected chi connectivity index (χ4v) is 1.98. The standard InChI is InChI=1S/C15H18F3N3/c1-10(2)19-8-12-9-20-21(11(12)3)14-6-4-13(5-7-14)15(16,17)18/h4-7,9-10,19H,8H2,1-3H3. The zero-order chi connectivity index (χ0) is 15.6. The van der Waals surface area contributed by atoms with Gasteiger partial charge in [0.2, 0.25) is 0 Å². The second kappa shape index (κ2) is 5.89. The predicted octanol–water partition coefficient (Wildman–Crippen LogP) is 3.70. The summed E-state index contributed by atoms with van der Waals surface area (Å²) in [5, 5.41) is 7.55. The second-order valence-electron chi connectivity index (χ2n) is 5.25. The molecule has 21 heavy (non-hydrogen) atoms. The Morgan fingerprint density at radius 1 is 1.19 bits per heavy atom. The Bertz CT molecular complexity index is 598. The van der Waals surface area contributed by atoms with Gasteiger partial charge in [-0.2, -0.15) is 18.3 Å². The number of aromatic nitrogens is 2. The molecule has 6 heteroatoms. The number of hydrogen-bond acceptors (Lipinski definition) is 2. The monoisotopic (exact) mass is 297 g/mol. The normalized spacial score (nSPS) is 12.1. The molecule has 0 radical (unpaired) electrons. The molecule has 2 aromatic rings. The molecule has 0 spiro atoms. The Kier molecular flexibility index (Phi) is 4.37. The largest absolute Gasteiger partial charge is 0.416 e. The van der Waals surface area contributed by atoms with Crippen LogP contribution >= 0.6 is 0 Å². The molecule has 0 aliphatic heterocycles. The third-order valence-electron chi connectivity index (χ3n) is 3.25. The van der Waals surface area contributed by atoms with Crippen molar-refractivity contribution in [3.05, 3.63) is 47.3 Å². The second-order valence-corrected chi connectivity index (χ2v) is 5.25. The molecule has 1 heterocycles. The maximum absolute atomic E-state index is 12.6. The number of hydrogen-bond donors (Lipinski definition) is 1. The molecule has 0 fully saturated rings. The summed E-state index contributed by atoms with van der Waals surface area (Å²) in [5.41, 5.74) is 1.92. The van der Waals surface area contributed by atoms with Gasteiger partial charge in [0.25, 0.3) is 0 Å².